The Balaban J connectivity index is 1.63. The molecule has 2 aliphatic rings. The van der Waals surface area contributed by atoms with Crippen LogP contribution in [0.5, 0.6) is 0 Å². The van der Waals surface area contributed by atoms with Gasteiger partial charge in [0.2, 0.25) is 0 Å². The second-order valence-electron chi connectivity index (χ2n) is 7.26. The molecular formula is C19H23F3N2O5. The van der Waals surface area contributed by atoms with Crippen molar-refractivity contribution in [2.45, 2.75) is 31.0 Å². The first-order chi connectivity index (χ1) is 13.9. The number of rotatable bonds is 4. The molecule has 29 heavy (non-hydrogen) atoms. The topological polar surface area (TPSA) is 87.3 Å². The maximum absolute atomic E-state index is 13.2. The van der Waals surface area contributed by atoms with Crippen LogP contribution in [0.4, 0.5) is 18.9 Å². The zero-order chi connectivity index (χ0) is 20.6. The van der Waals surface area contributed by atoms with Crippen LogP contribution < -0.4 is 10.2 Å². The summed E-state index contributed by atoms with van der Waals surface area (Å²) in [5, 5.41) is 22.8. The molecule has 1 saturated heterocycles. The van der Waals surface area contributed by atoms with Gasteiger partial charge in [-0.05, 0) is 24.6 Å². The van der Waals surface area contributed by atoms with Crippen molar-refractivity contribution in [1.82, 2.24) is 5.32 Å². The van der Waals surface area contributed by atoms with Gasteiger partial charge in [0.1, 0.15) is 11.7 Å². The third-order valence-corrected chi connectivity index (χ3v) is 5.22. The van der Waals surface area contributed by atoms with E-state index in [2.05, 4.69) is 5.32 Å². The highest BCUT2D eigenvalue weighted by Gasteiger charge is 2.34. The highest BCUT2D eigenvalue weighted by molar-refractivity contribution is 5.94. The van der Waals surface area contributed by atoms with Gasteiger partial charge in [-0.1, -0.05) is 0 Å². The number of aliphatic hydroxyl groups excluding tert-OH is 2. The van der Waals surface area contributed by atoms with E-state index in [4.69, 9.17) is 13.9 Å². The number of ether oxygens (including phenoxy) is 2. The molecule has 160 valence electrons. The fourth-order valence-electron chi connectivity index (χ4n) is 3.78. The second-order valence-corrected chi connectivity index (χ2v) is 7.26. The quantitative estimate of drug-likeness (QED) is 0.703. The third-order valence-electron chi connectivity index (χ3n) is 5.22. The van der Waals surface area contributed by atoms with E-state index in [9.17, 15) is 23.4 Å². The van der Waals surface area contributed by atoms with Crippen molar-refractivity contribution in [2.24, 2.45) is 0 Å². The maximum atomic E-state index is 13.2. The average molecular weight is 416 g/mol. The molecule has 1 aromatic carbocycles. The summed E-state index contributed by atoms with van der Waals surface area (Å²) in [6, 6.07) is 3.31. The number of nitrogens with zero attached hydrogens (tertiary/aromatic N) is 1. The van der Waals surface area contributed by atoms with E-state index in [1.54, 1.807) is 0 Å². The lowest BCUT2D eigenvalue weighted by atomic mass is 10.1. The van der Waals surface area contributed by atoms with Crippen molar-refractivity contribution in [3.05, 3.63) is 29.5 Å². The molecule has 1 fully saturated rings. The fourth-order valence-corrected chi connectivity index (χ4v) is 3.78. The number of aliphatic hydroxyl groups is 2. The summed E-state index contributed by atoms with van der Waals surface area (Å²) in [4.78, 5) is 1.90. The second kappa shape index (κ2) is 8.11. The van der Waals surface area contributed by atoms with Crippen molar-refractivity contribution in [3.8, 4) is 0 Å². The van der Waals surface area contributed by atoms with E-state index < -0.39 is 18.0 Å². The van der Waals surface area contributed by atoms with Gasteiger partial charge in [0.15, 0.2) is 12.0 Å². The summed E-state index contributed by atoms with van der Waals surface area (Å²) >= 11 is 0. The van der Waals surface area contributed by atoms with Crippen molar-refractivity contribution in [2.75, 3.05) is 44.4 Å². The molecule has 1 aromatic heterocycles. The van der Waals surface area contributed by atoms with Crippen LogP contribution in [0.3, 0.4) is 0 Å². The first-order valence-electron chi connectivity index (χ1n) is 9.51. The first kappa shape index (κ1) is 20.4. The molecule has 7 nitrogen and oxygen atoms in total. The van der Waals surface area contributed by atoms with E-state index in [-0.39, 0.29) is 30.2 Å². The molecule has 3 unspecified atom stereocenters. The van der Waals surface area contributed by atoms with Crippen LogP contribution in [0.2, 0.25) is 0 Å². The van der Waals surface area contributed by atoms with Crippen molar-refractivity contribution in [1.29, 1.82) is 0 Å². The molecule has 2 aromatic rings. The number of anilines is 1. The predicted octanol–water partition coefficient (Wildman–Crippen LogP) is 2.02. The van der Waals surface area contributed by atoms with Gasteiger partial charge in [-0.2, -0.15) is 13.2 Å². The fraction of sp³-hybridized carbons (Fsp3) is 0.579. The molecule has 3 heterocycles. The molecule has 0 bridgehead atoms. The molecular weight excluding hydrogens is 393 g/mol. The summed E-state index contributed by atoms with van der Waals surface area (Å²) in [5.74, 6) is 0.200. The van der Waals surface area contributed by atoms with Crippen LogP contribution in [-0.4, -0.2) is 61.9 Å². The van der Waals surface area contributed by atoms with Crippen LogP contribution in [0, 0.1) is 0 Å². The van der Waals surface area contributed by atoms with Gasteiger partial charge >= 0.3 is 6.18 Å². The Labute approximate surface area is 165 Å². The molecule has 0 aliphatic carbocycles. The Morgan fingerprint density at radius 2 is 2.00 bits per heavy atom. The summed E-state index contributed by atoms with van der Waals surface area (Å²) in [6.07, 6.45) is -5.63. The number of halogens is 3. The van der Waals surface area contributed by atoms with Crippen molar-refractivity contribution in [3.63, 3.8) is 0 Å². The lowest BCUT2D eigenvalue weighted by Gasteiger charge is -2.31. The van der Waals surface area contributed by atoms with E-state index >= 15 is 0 Å². The number of alkyl halides is 3. The number of nitrogens with one attached hydrogen (secondary N) is 1. The van der Waals surface area contributed by atoms with Crippen molar-refractivity contribution < 1.29 is 37.3 Å². The Kier molecular flexibility index (Phi) is 5.71. The Morgan fingerprint density at radius 1 is 1.21 bits per heavy atom. The third kappa shape index (κ3) is 4.22. The lowest BCUT2D eigenvalue weighted by molar-refractivity contribution is -0.151. The molecule has 3 N–H and O–H groups in total. The first-order valence-corrected chi connectivity index (χ1v) is 9.51. The zero-order valence-corrected chi connectivity index (χ0v) is 15.6. The van der Waals surface area contributed by atoms with Crippen LogP contribution in [0.1, 0.15) is 24.0 Å². The molecule has 0 saturated carbocycles. The summed E-state index contributed by atoms with van der Waals surface area (Å²) in [7, 11) is 0. The summed E-state index contributed by atoms with van der Waals surface area (Å²) in [6.45, 7) is 1.98. The van der Waals surface area contributed by atoms with Crippen LogP contribution in [-0.2, 0) is 15.7 Å². The Bertz CT molecular complexity index is 856. The molecule has 0 radical (unpaired) electrons. The normalized spacial score (nSPS) is 25.8. The number of fused-ring (bicyclic) bond motifs is 3. The molecule has 0 amide bonds. The van der Waals surface area contributed by atoms with Crippen LogP contribution >= 0.6 is 0 Å². The van der Waals surface area contributed by atoms with Gasteiger partial charge in [-0.3, -0.25) is 5.32 Å². The van der Waals surface area contributed by atoms with Gasteiger partial charge in [-0.25, -0.2) is 0 Å². The Hall–Kier alpha value is -1.85. The molecule has 4 rings (SSSR count). The van der Waals surface area contributed by atoms with Crippen LogP contribution in [0.25, 0.3) is 11.0 Å². The highest BCUT2D eigenvalue weighted by Crippen LogP contribution is 2.41. The van der Waals surface area contributed by atoms with Crippen LogP contribution in [0.15, 0.2) is 22.6 Å². The zero-order valence-electron chi connectivity index (χ0n) is 15.6. The average Bonchev–Trinajstić information content (AvgIpc) is 3.01. The van der Waals surface area contributed by atoms with Crippen molar-refractivity contribution >= 4 is 16.7 Å². The molecule has 2 aliphatic heterocycles. The van der Waals surface area contributed by atoms with Gasteiger partial charge in [0, 0.05) is 25.0 Å². The summed E-state index contributed by atoms with van der Waals surface area (Å²) in [5.41, 5.74) is -0.0255. The van der Waals surface area contributed by atoms with Gasteiger partial charge < -0.3 is 29.0 Å². The van der Waals surface area contributed by atoms with Gasteiger partial charge in [-0.15, -0.1) is 0 Å². The minimum atomic E-state index is -4.47. The largest absolute Gasteiger partial charge is 0.455 e. The lowest BCUT2D eigenvalue weighted by Crippen LogP contribution is -2.40. The number of hydrogen-bond acceptors (Lipinski definition) is 7. The molecule has 0 spiro atoms. The highest BCUT2D eigenvalue weighted by atomic mass is 19.4. The van der Waals surface area contributed by atoms with E-state index in [1.807, 2.05) is 4.90 Å². The standard InChI is InChI=1S/C19H23F3N2O5/c20-19(21,22)11-1-2-15-14(7-11)16-17(29-15)18(26)23-4-6-24(16)5-3-12-9-27-10-13(8-25)28-12/h1-2,7,12-13,18,23,25-26H,3-6,8-10H2. The number of benzene rings is 1. The number of furan rings is 1. The monoisotopic (exact) mass is 416 g/mol. The Morgan fingerprint density at radius 3 is 2.76 bits per heavy atom. The number of hydrogen-bond donors (Lipinski definition) is 3. The van der Waals surface area contributed by atoms with E-state index in [0.29, 0.717) is 50.3 Å². The SMILES string of the molecule is OCC1COCC(CCN2CCNC(O)c3oc4ccc(C(F)(F)F)cc4c32)O1. The minimum Gasteiger partial charge on any atom is -0.455 e. The minimum absolute atomic E-state index is 0.132. The maximum Gasteiger partial charge on any atom is 0.416 e. The van der Waals surface area contributed by atoms with E-state index in [0.717, 1.165) is 12.1 Å². The van der Waals surface area contributed by atoms with Gasteiger partial charge in [0.25, 0.3) is 0 Å². The van der Waals surface area contributed by atoms with E-state index in [1.165, 1.54) is 6.07 Å². The summed E-state index contributed by atoms with van der Waals surface area (Å²) < 4.78 is 56.5. The molecule has 10 heteroatoms. The predicted molar refractivity (Wildman–Crippen MR) is 97.6 cm³/mol. The molecule has 3 atom stereocenters. The van der Waals surface area contributed by atoms with Gasteiger partial charge in [0.05, 0.1) is 37.2 Å². The smallest absolute Gasteiger partial charge is 0.416 e.